The predicted molar refractivity (Wildman–Crippen MR) is 130 cm³/mol. The summed E-state index contributed by atoms with van der Waals surface area (Å²) >= 11 is 0. The summed E-state index contributed by atoms with van der Waals surface area (Å²) in [6.45, 7) is 1.98. The molecule has 164 valence electrons. The number of nitrogens with zero attached hydrogens (tertiary/aromatic N) is 1. The fourth-order valence-corrected chi connectivity index (χ4v) is 4.20. The lowest BCUT2D eigenvalue weighted by molar-refractivity contribution is 0.0696. The van der Waals surface area contributed by atoms with Crippen LogP contribution in [-0.4, -0.2) is 22.3 Å². The number of rotatable bonds is 8. The van der Waals surface area contributed by atoms with Crippen LogP contribution in [0.2, 0.25) is 0 Å². The van der Waals surface area contributed by atoms with Crippen molar-refractivity contribution in [2.75, 3.05) is 0 Å². The van der Waals surface area contributed by atoms with Crippen molar-refractivity contribution in [3.05, 3.63) is 125 Å². The molecule has 0 aliphatic heterocycles. The third-order valence-electron chi connectivity index (χ3n) is 5.96. The maximum atomic E-state index is 11.7. The molecule has 4 aromatic rings. The summed E-state index contributed by atoms with van der Waals surface area (Å²) in [5.41, 5.74) is 7.39. The average molecular weight is 436 g/mol. The summed E-state index contributed by atoms with van der Waals surface area (Å²) in [5, 5.41) is 9.08. The van der Waals surface area contributed by atoms with Crippen molar-refractivity contribution < 1.29 is 14.7 Å². The van der Waals surface area contributed by atoms with Crippen molar-refractivity contribution in [3.63, 3.8) is 0 Å². The number of hydrogen-bond acceptors (Lipinski definition) is 3. The molecule has 3 aromatic carbocycles. The van der Waals surface area contributed by atoms with E-state index in [9.17, 15) is 9.59 Å². The summed E-state index contributed by atoms with van der Waals surface area (Å²) < 4.78 is 0. The third kappa shape index (κ3) is 5.24. The molecule has 1 heterocycles. The van der Waals surface area contributed by atoms with E-state index < -0.39 is 5.97 Å². The molecule has 1 atom stereocenters. The standard InChI is InChI=1S/C29H25NO3/c1-20-18-25(16-17-30-20)28(27-5-3-2-4-26(27)19-31)15-8-21-6-9-22(10-7-21)23-11-13-24(14-12-23)29(32)33/h2-7,9-14,16-19,28H,8,15H2,1H3,(H,32,33). The van der Waals surface area contributed by atoms with Gasteiger partial charge < -0.3 is 5.11 Å². The van der Waals surface area contributed by atoms with Gasteiger partial charge in [0.15, 0.2) is 0 Å². The summed E-state index contributed by atoms with van der Waals surface area (Å²) in [6.07, 6.45) is 4.48. The van der Waals surface area contributed by atoms with Gasteiger partial charge in [-0.3, -0.25) is 9.78 Å². The summed E-state index contributed by atoms with van der Waals surface area (Å²) in [4.78, 5) is 27.1. The van der Waals surface area contributed by atoms with Gasteiger partial charge in [-0.25, -0.2) is 4.79 Å². The highest BCUT2D eigenvalue weighted by molar-refractivity contribution is 5.88. The van der Waals surface area contributed by atoms with Gasteiger partial charge >= 0.3 is 5.97 Å². The lowest BCUT2D eigenvalue weighted by Crippen LogP contribution is -2.07. The van der Waals surface area contributed by atoms with Crippen LogP contribution in [0.3, 0.4) is 0 Å². The fourth-order valence-electron chi connectivity index (χ4n) is 4.20. The largest absolute Gasteiger partial charge is 0.478 e. The minimum Gasteiger partial charge on any atom is -0.478 e. The van der Waals surface area contributed by atoms with Gasteiger partial charge in [0.1, 0.15) is 6.29 Å². The van der Waals surface area contributed by atoms with E-state index in [0.29, 0.717) is 0 Å². The molecule has 0 bridgehead atoms. The maximum absolute atomic E-state index is 11.7. The van der Waals surface area contributed by atoms with E-state index in [1.807, 2.05) is 55.6 Å². The number of carboxylic acid groups (broad SMARTS) is 1. The summed E-state index contributed by atoms with van der Waals surface area (Å²) in [5.74, 6) is -0.830. The first kappa shape index (κ1) is 22.2. The van der Waals surface area contributed by atoms with E-state index in [4.69, 9.17) is 5.11 Å². The Kier molecular flexibility index (Phi) is 6.75. The molecular weight excluding hydrogens is 410 g/mol. The van der Waals surface area contributed by atoms with Crippen molar-refractivity contribution in [2.45, 2.75) is 25.7 Å². The molecule has 0 spiro atoms. The molecule has 1 unspecified atom stereocenters. The zero-order valence-corrected chi connectivity index (χ0v) is 18.4. The topological polar surface area (TPSA) is 67.3 Å². The maximum Gasteiger partial charge on any atom is 0.335 e. The van der Waals surface area contributed by atoms with E-state index in [-0.39, 0.29) is 11.5 Å². The van der Waals surface area contributed by atoms with Gasteiger partial charge in [-0.1, -0.05) is 60.7 Å². The molecule has 0 fully saturated rings. The predicted octanol–water partition coefficient (Wildman–Crippen LogP) is 6.33. The number of pyridine rings is 1. The van der Waals surface area contributed by atoms with Gasteiger partial charge in [0.2, 0.25) is 0 Å². The second-order valence-electron chi connectivity index (χ2n) is 8.15. The molecule has 0 radical (unpaired) electrons. The molecule has 0 saturated heterocycles. The normalized spacial score (nSPS) is 11.7. The van der Waals surface area contributed by atoms with E-state index in [1.54, 1.807) is 12.1 Å². The number of carboxylic acids is 1. The first-order valence-corrected chi connectivity index (χ1v) is 10.9. The second kappa shape index (κ2) is 10.0. The highest BCUT2D eigenvalue weighted by Crippen LogP contribution is 2.32. The zero-order chi connectivity index (χ0) is 23.2. The highest BCUT2D eigenvalue weighted by Gasteiger charge is 2.18. The van der Waals surface area contributed by atoms with Crippen LogP contribution >= 0.6 is 0 Å². The van der Waals surface area contributed by atoms with Crippen LogP contribution < -0.4 is 0 Å². The smallest absolute Gasteiger partial charge is 0.335 e. The van der Waals surface area contributed by atoms with Crippen molar-refractivity contribution in [1.29, 1.82) is 0 Å². The van der Waals surface area contributed by atoms with Crippen LogP contribution in [0.25, 0.3) is 11.1 Å². The van der Waals surface area contributed by atoms with E-state index in [0.717, 1.165) is 52.6 Å². The van der Waals surface area contributed by atoms with E-state index >= 15 is 0 Å². The lowest BCUT2D eigenvalue weighted by atomic mass is 9.84. The SMILES string of the molecule is Cc1cc(C(CCc2ccc(-c3ccc(C(=O)O)cc3)cc2)c2ccccc2C=O)ccn1. The van der Waals surface area contributed by atoms with Crippen molar-refractivity contribution in [1.82, 2.24) is 4.98 Å². The van der Waals surface area contributed by atoms with Crippen molar-refractivity contribution in [2.24, 2.45) is 0 Å². The summed E-state index contributed by atoms with van der Waals surface area (Å²) in [7, 11) is 0. The van der Waals surface area contributed by atoms with Gasteiger partial charge in [-0.15, -0.1) is 0 Å². The Labute approximate surface area is 193 Å². The molecule has 1 aromatic heterocycles. The second-order valence-corrected chi connectivity index (χ2v) is 8.15. The van der Waals surface area contributed by atoms with E-state index in [2.05, 4.69) is 35.3 Å². The monoisotopic (exact) mass is 435 g/mol. The van der Waals surface area contributed by atoms with Gasteiger partial charge in [0.05, 0.1) is 5.56 Å². The number of aromatic nitrogens is 1. The molecule has 33 heavy (non-hydrogen) atoms. The number of aryl methyl sites for hydroxylation is 2. The molecule has 4 heteroatoms. The van der Waals surface area contributed by atoms with Crippen molar-refractivity contribution >= 4 is 12.3 Å². The Hall–Kier alpha value is -4.05. The molecule has 0 aliphatic carbocycles. The molecular formula is C29H25NO3. The van der Waals surface area contributed by atoms with Crippen molar-refractivity contribution in [3.8, 4) is 11.1 Å². The Morgan fingerprint density at radius 1 is 0.939 bits per heavy atom. The number of hydrogen-bond donors (Lipinski definition) is 1. The molecule has 0 aliphatic rings. The molecule has 4 nitrogen and oxygen atoms in total. The fraction of sp³-hybridized carbons (Fsp3) is 0.138. The van der Waals surface area contributed by atoms with Gasteiger partial charge in [0.25, 0.3) is 0 Å². The lowest BCUT2D eigenvalue weighted by Gasteiger charge is -2.20. The Morgan fingerprint density at radius 2 is 1.61 bits per heavy atom. The molecule has 0 saturated carbocycles. The number of aldehydes is 1. The minimum absolute atomic E-state index is 0.0938. The molecule has 4 rings (SSSR count). The van der Waals surface area contributed by atoms with Crippen LogP contribution in [0.4, 0.5) is 0 Å². The number of benzene rings is 3. The summed E-state index contributed by atoms with van der Waals surface area (Å²) in [6, 6.07) is 27.2. The van der Waals surface area contributed by atoms with Crippen LogP contribution in [0, 0.1) is 6.92 Å². The van der Waals surface area contributed by atoms with Crippen LogP contribution in [0.5, 0.6) is 0 Å². The van der Waals surface area contributed by atoms with Gasteiger partial charge in [0, 0.05) is 23.4 Å². The van der Waals surface area contributed by atoms with E-state index in [1.165, 1.54) is 5.56 Å². The molecule has 1 N–H and O–H groups in total. The number of carbonyl (C=O) groups excluding carboxylic acids is 1. The Morgan fingerprint density at radius 3 is 2.24 bits per heavy atom. The Balaban J connectivity index is 1.55. The van der Waals surface area contributed by atoms with Crippen LogP contribution in [0.15, 0.2) is 91.1 Å². The molecule has 0 amide bonds. The highest BCUT2D eigenvalue weighted by atomic mass is 16.4. The van der Waals surface area contributed by atoms with Crippen LogP contribution in [-0.2, 0) is 6.42 Å². The van der Waals surface area contributed by atoms with Gasteiger partial charge in [-0.2, -0.15) is 0 Å². The third-order valence-corrected chi connectivity index (χ3v) is 5.96. The first-order valence-electron chi connectivity index (χ1n) is 10.9. The number of carbonyl (C=O) groups is 2. The quantitative estimate of drug-likeness (QED) is 0.328. The average Bonchev–Trinajstić information content (AvgIpc) is 2.85. The first-order chi connectivity index (χ1) is 16.0. The van der Waals surface area contributed by atoms with Gasteiger partial charge in [-0.05, 0) is 71.8 Å². The minimum atomic E-state index is -0.924. The van der Waals surface area contributed by atoms with Crippen LogP contribution in [0.1, 0.15) is 55.4 Å². The Bertz CT molecular complexity index is 1260. The number of aromatic carboxylic acids is 1. The zero-order valence-electron chi connectivity index (χ0n) is 18.4.